The molecular weight excluding hydrogens is 332 g/mol. The molecule has 4 atom stereocenters. The minimum absolute atomic E-state index is 0.125. The summed E-state index contributed by atoms with van der Waals surface area (Å²) in [5.74, 6) is -4.85. The molecule has 0 saturated carbocycles. The van der Waals surface area contributed by atoms with E-state index in [1.165, 1.54) is 19.2 Å². The molecular formula is C15H16F4N2O3. The van der Waals surface area contributed by atoms with Gasteiger partial charge in [-0.3, -0.25) is 9.59 Å². The third-order valence-electron chi connectivity index (χ3n) is 3.88. The van der Waals surface area contributed by atoms with Gasteiger partial charge in [-0.1, -0.05) is 0 Å². The van der Waals surface area contributed by atoms with Crippen molar-refractivity contribution >= 4 is 11.8 Å². The van der Waals surface area contributed by atoms with Gasteiger partial charge in [0.15, 0.2) is 23.9 Å². The molecule has 5 nitrogen and oxygen atoms in total. The van der Waals surface area contributed by atoms with Crippen LogP contribution >= 0.6 is 0 Å². The lowest BCUT2D eigenvalue weighted by Crippen LogP contribution is -2.46. The smallest absolute Gasteiger partial charge is 0.287 e. The predicted molar refractivity (Wildman–Crippen MR) is 76.4 cm³/mol. The lowest BCUT2D eigenvalue weighted by Gasteiger charge is -2.31. The topological polar surface area (TPSA) is 71.3 Å². The van der Waals surface area contributed by atoms with E-state index < -0.39 is 54.2 Å². The fourth-order valence-corrected chi connectivity index (χ4v) is 2.37. The summed E-state index contributed by atoms with van der Waals surface area (Å²) in [6.45, 7) is 0.357. The summed E-state index contributed by atoms with van der Waals surface area (Å²) in [6.07, 6.45) is -6.88. The molecule has 0 radical (unpaired) electrons. The summed E-state index contributed by atoms with van der Waals surface area (Å²) in [5, 5.41) is 4.45. The first-order valence-electron chi connectivity index (χ1n) is 7.16. The van der Waals surface area contributed by atoms with Crippen LogP contribution < -0.4 is 10.6 Å². The van der Waals surface area contributed by atoms with E-state index in [0.29, 0.717) is 0 Å². The summed E-state index contributed by atoms with van der Waals surface area (Å²) >= 11 is 0. The van der Waals surface area contributed by atoms with E-state index in [1.807, 2.05) is 0 Å². The zero-order valence-corrected chi connectivity index (χ0v) is 12.9. The van der Waals surface area contributed by atoms with Gasteiger partial charge in [0.25, 0.3) is 11.8 Å². The fourth-order valence-electron chi connectivity index (χ4n) is 2.37. The van der Waals surface area contributed by atoms with Gasteiger partial charge in [-0.25, -0.2) is 17.6 Å². The second kappa shape index (κ2) is 7.06. The average Bonchev–Trinajstić information content (AvgIpc) is 3.07. The lowest BCUT2D eigenvalue weighted by atomic mass is 9.84. The van der Waals surface area contributed by atoms with E-state index in [9.17, 15) is 27.2 Å². The number of nitrogens with one attached hydrogen (secondary N) is 2. The minimum Gasteiger partial charge on any atom is -0.446 e. The first-order chi connectivity index (χ1) is 11.3. The predicted octanol–water partition coefficient (Wildman–Crippen LogP) is 2.26. The maximum Gasteiger partial charge on any atom is 0.287 e. The molecule has 0 fully saturated rings. The quantitative estimate of drug-likeness (QED) is 0.820. The summed E-state index contributed by atoms with van der Waals surface area (Å²) in [4.78, 5) is 23.2. The van der Waals surface area contributed by atoms with Crippen molar-refractivity contribution < 1.29 is 31.6 Å². The number of furan rings is 1. The second-order valence-corrected chi connectivity index (χ2v) is 5.40. The summed E-state index contributed by atoms with van der Waals surface area (Å²) in [6, 6.07) is 2.44. The summed E-state index contributed by atoms with van der Waals surface area (Å²) < 4.78 is 59.9. The number of carbonyl (C=O) groups is 2. The minimum atomic E-state index is -2.34. The monoisotopic (exact) mass is 348 g/mol. The molecule has 132 valence electrons. The van der Waals surface area contributed by atoms with E-state index >= 15 is 0 Å². The number of carbonyl (C=O) groups excluding carboxylic acids is 2. The molecule has 24 heavy (non-hydrogen) atoms. The van der Waals surface area contributed by atoms with Crippen LogP contribution in [0.5, 0.6) is 0 Å². The van der Waals surface area contributed by atoms with Crippen molar-refractivity contribution in [2.75, 3.05) is 13.6 Å². The Bertz CT molecular complexity index is 673. The number of hydrogen-bond donors (Lipinski definition) is 2. The first kappa shape index (κ1) is 18.0. The SMILES string of the molecule is CNC(=O)c1ccc(C(=O)NCC2C(F)C(F)=C(C)C(F)C2F)o1. The standard InChI is InChI=1S/C15H16F4N2O3/c1-6-10(16)12(18)7(13(19)11(6)17)5-21-15(23)9-4-3-8(24-9)14(22)20-2/h3-4,7,10,12-13H,5H2,1-2H3,(H,20,22)(H,21,23). The van der Waals surface area contributed by atoms with E-state index in [2.05, 4.69) is 10.6 Å². The van der Waals surface area contributed by atoms with Crippen molar-refractivity contribution in [3.63, 3.8) is 0 Å². The molecule has 4 unspecified atom stereocenters. The molecule has 0 aliphatic heterocycles. The van der Waals surface area contributed by atoms with E-state index in [4.69, 9.17) is 4.42 Å². The number of amides is 2. The Labute approximate surface area is 135 Å². The molecule has 0 saturated heterocycles. The van der Waals surface area contributed by atoms with E-state index in [1.54, 1.807) is 0 Å². The van der Waals surface area contributed by atoms with Crippen LogP contribution in [0.4, 0.5) is 17.6 Å². The molecule has 2 rings (SSSR count). The van der Waals surface area contributed by atoms with Crippen molar-refractivity contribution in [3.8, 4) is 0 Å². The Balaban J connectivity index is 2.03. The molecule has 0 aromatic carbocycles. The molecule has 1 aliphatic rings. The Hall–Kier alpha value is -2.32. The lowest BCUT2D eigenvalue weighted by molar-refractivity contribution is 0.0546. The number of allylic oxidation sites excluding steroid dienone is 2. The average molecular weight is 348 g/mol. The van der Waals surface area contributed by atoms with Gasteiger partial charge in [0.1, 0.15) is 12.0 Å². The zero-order chi connectivity index (χ0) is 18.0. The third-order valence-corrected chi connectivity index (χ3v) is 3.88. The highest BCUT2D eigenvalue weighted by molar-refractivity contribution is 5.95. The van der Waals surface area contributed by atoms with E-state index in [-0.39, 0.29) is 11.5 Å². The Morgan fingerprint density at radius 2 is 1.71 bits per heavy atom. The molecule has 1 aromatic heterocycles. The van der Waals surface area contributed by atoms with Crippen LogP contribution in [0.2, 0.25) is 0 Å². The number of rotatable bonds is 4. The normalized spacial score (nSPS) is 27.1. The van der Waals surface area contributed by atoms with E-state index in [0.717, 1.165) is 6.92 Å². The van der Waals surface area contributed by atoms with Crippen LogP contribution in [0.15, 0.2) is 27.9 Å². The van der Waals surface area contributed by atoms with Gasteiger partial charge in [-0.15, -0.1) is 0 Å². The largest absolute Gasteiger partial charge is 0.446 e. The maximum atomic E-state index is 13.9. The van der Waals surface area contributed by atoms with Crippen LogP contribution in [0.3, 0.4) is 0 Å². The maximum absolute atomic E-state index is 13.9. The number of hydrogen-bond acceptors (Lipinski definition) is 3. The van der Waals surface area contributed by atoms with Gasteiger partial charge in [0.05, 0.1) is 0 Å². The highest BCUT2D eigenvalue weighted by atomic mass is 19.2. The van der Waals surface area contributed by atoms with Crippen LogP contribution in [0.25, 0.3) is 0 Å². The summed E-state index contributed by atoms with van der Waals surface area (Å²) in [5.41, 5.74) is -0.612. The van der Waals surface area contributed by atoms with Gasteiger partial charge in [-0.05, 0) is 24.6 Å². The Morgan fingerprint density at radius 1 is 1.12 bits per heavy atom. The highest BCUT2D eigenvalue weighted by Crippen LogP contribution is 2.36. The Morgan fingerprint density at radius 3 is 2.29 bits per heavy atom. The molecule has 0 spiro atoms. The van der Waals surface area contributed by atoms with Crippen LogP contribution in [0, 0.1) is 5.92 Å². The van der Waals surface area contributed by atoms with Crippen molar-refractivity contribution in [1.29, 1.82) is 0 Å². The molecule has 1 heterocycles. The molecule has 1 aliphatic carbocycles. The molecule has 0 bridgehead atoms. The van der Waals surface area contributed by atoms with Gasteiger partial charge in [0, 0.05) is 19.5 Å². The van der Waals surface area contributed by atoms with Gasteiger partial charge >= 0.3 is 0 Å². The third kappa shape index (κ3) is 3.29. The molecule has 9 heteroatoms. The Kier molecular flexibility index (Phi) is 5.30. The number of alkyl halides is 3. The van der Waals surface area contributed by atoms with Crippen LogP contribution in [-0.2, 0) is 0 Å². The highest BCUT2D eigenvalue weighted by Gasteiger charge is 2.45. The van der Waals surface area contributed by atoms with Crippen LogP contribution in [-0.4, -0.2) is 43.9 Å². The fraction of sp³-hybridized carbons (Fsp3) is 0.467. The van der Waals surface area contributed by atoms with Crippen molar-refractivity contribution in [3.05, 3.63) is 35.1 Å². The molecule has 2 N–H and O–H groups in total. The molecule has 1 aromatic rings. The van der Waals surface area contributed by atoms with Gasteiger partial charge < -0.3 is 15.1 Å². The van der Waals surface area contributed by atoms with Gasteiger partial charge in [0.2, 0.25) is 0 Å². The van der Waals surface area contributed by atoms with Crippen molar-refractivity contribution in [2.24, 2.45) is 5.92 Å². The second-order valence-electron chi connectivity index (χ2n) is 5.40. The zero-order valence-electron chi connectivity index (χ0n) is 12.9. The van der Waals surface area contributed by atoms with Crippen LogP contribution in [0.1, 0.15) is 28.0 Å². The van der Waals surface area contributed by atoms with Crippen molar-refractivity contribution in [1.82, 2.24) is 10.6 Å². The number of halogens is 4. The van der Waals surface area contributed by atoms with Gasteiger partial charge in [-0.2, -0.15) is 0 Å². The van der Waals surface area contributed by atoms with Crippen molar-refractivity contribution in [2.45, 2.75) is 25.4 Å². The summed E-state index contributed by atoms with van der Waals surface area (Å²) in [7, 11) is 1.37. The molecule has 2 amide bonds. The first-order valence-corrected chi connectivity index (χ1v) is 7.16.